The van der Waals surface area contributed by atoms with Crippen LogP contribution in [-0.2, 0) is 9.53 Å². The molecule has 0 aromatic heterocycles. The Kier molecular flexibility index (Phi) is 5.35. The van der Waals surface area contributed by atoms with E-state index in [1.165, 1.54) is 0 Å². The maximum atomic E-state index is 12.3. The van der Waals surface area contributed by atoms with E-state index in [0.29, 0.717) is 26.3 Å². The van der Waals surface area contributed by atoms with E-state index < -0.39 is 0 Å². The third kappa shape index (κ3) is 4.26. The normalized spacial score (nSPS) is 21.5. The van der Waals surface area contributed by atoms with Crippen LogP contribution in [0.3, 0.4) is 0 Å². The Morgan fingerprint density at radius 2 is 1.83 bits per heavy atom. The standard InChI is InChI=1S/C18H25N3O3/c1-13-2-4-15(5-3-13)19-18(23)20-16-6-9-21(10-7-16)17(22)14-8-11-24-12-14/h2-5,14,16H,6-12H2,1H3,(H2,19,20,23). The zero-order valence-electron chi connectivity index (χ0n) is 14.1. The lowest BCUT2D eigenvalue weighted by atomic mass is 10.0. The van der Waals surface area contributed by atoms with Crippen LogP contribution in [0, 0.1) is 12.8 Å². The molecule has 2 N–H and O–H groups in total. The number of benzene rings is 1. The largest absolute Gasteiger partial charge is 0.381 e. The molecule has 24 heavy (non-hydrogen) atoms. The second-order valence-corrected chi connectivity index (χ2v) is 6.62. The van der Waals surface area contributed by atoms with Crippen molar-refractivity contribution in [3.63, 3.8) is 0 Å². The summed E-state index contributed by atoms with van der Waals surface area (Å²) in [6.45, 7) is 4.65. The highest BCUT2D eigenvalue weighted by molar-refractivity contribution is 5.89. The van der Waals surface area contributed by atoms with Gasteiger partial charge in [0.1, 0.15) is 0 Å². The number of urea groups is 1. The quantitative estimate of drug-likeness (QED) is 0.891. The van der Waals surface area contributed by atoms with Crippen LogP contribution in [-0.4, -0.2) is 49.2 Å². The Morgan fingerprint density at radius 1 is 1.12 bits per heavy atom. The molecule has 0 saturated carbocycles. The highest BCUT2D eigenvalue weighted by Crippen LogP contribution is 2.19. The second kappa shape index (κ2) is 7.66. The van der Waals surface area contributed by atoms with Gasteiger partial charge in [0.15, 0.2) is 0 Å². The summed E-state index contributed by atoms with van der Waals surface area (Å²) in [5, 5.41) is 5.85. The zero-order chi connectivity index (χ0) is 16.9. The summed E-state index contributed by atoms with van der Waals surface area (Å²) in [4.78, 5) is 26.3. The van der Waals surface area contributed by atoms with E-state index in [4.69, 9.17) is 4.74 Å². The van der Waals surface area contributed by atoms with Gasteiger partial charge in [0.25, 0.3) is 0 Å². The molecule has 2 fully saturated rings. The van der Waals surface area contributed by atoms with Crippen LogP contribution >= 0.6 is 0 Å². The highest BCUT2D eigenvalue weighted by atomic mass is 16.5. The number of likely N-dealkylation sites (tertiary alicyclic amines) is 1. The SMILES string of the molecule is Cc1ccc(NC(=O)NC2CCN(C(=O)C3CCOC3)CC2)cc1. The second-order valence-electron chi connectivity index (χ2n) is 6.62. The molecular formula is C18H25N3O3. The number of rotatable bonds is 3. The molecule has 130 valence electrons. The van der Waals surface area contributed by atoms with Crippen molar-refractivity contribution in [1.82, 2.24) is 10.2 Å². The number of ether oxygens (including phenoxy) is 1. The fourth-order valence-corrected chi connectivity index (χ4v) is 3.22. The molecule has 0 bridgehead atoms. The van der Waals surface area contributed by atoms with Crippen molar-refractivity contribution >= 4 is 17.6 Å². The summed E-state index contributed by atoms with van der Waals surface area (Å²) >= 11 is 0. The number of carbonyl (C=O) groups excluding carboxylic acids is 2. The molecule has 1 unspecified atom stereocenters. The van der Waals surface area contributed by atoms with Crippen LogP contribution in [0.25, 0.3) is 0 Å². The zero-order valence-corrected chi connectivity index (χ0v) is 14.1. The predicted molar refractivity (Wildman–Crippen MR) is 91.9 cm³/mol. The molecule has 2 aliphatic rings. The minimum absolute atomic E-state index is 0.0272. The summed E-state index contributed by atoms with van der Waals surface area (Å²) in [6, 6.07) is 7.63. The van der Waals surface area contributed by atoms with E-state index in [1.54, 1.807) is 0 Å². The number of nitrogens with one attached hydrogen (secondary N) is 2. The highest BCUT2D eigenvalue weighted by Gasteiger charge is 2.30. The fourth-order valence-electron chi connectivity index (χ4n) is 3.22. The summed E-state index contributed by atoms with van der Waals surface area (Å²) in [7, 11) is 0. The van der Waals surface area contributed by atoms with Gasteiger partial charge in [-0.05, 0) is 38.3 Å². The minimum atomic E-state index is -0.187. The van der Waals surface area contributed by atoms with E-state index in [-0.39, 0.29) is 23.9 Å². The number of piperidine rings is 1. The molecule has 6 nitrogen and oxygen atoms in total. The molecule has 0 aliphatic carbocycles. The molecule has 3 amide bonds. The first kappa shape index (κ1) is 16.8. The van der Waals surface area contributed by atoms with Gasteiger partial charge in [-0.3, -0.25) is 4.79 Å². The topological polar surface area (TPSA) is 70.7 Å². The molecule has 0 radical (unpaired) electrons. The Morgan fingerprint density at radius 3 is 2.46 bits per heavy atom. The van der Waals surface area contributed by atoms with E-state index in [1.807, 2.05) is 36.1 Å². The van der Waals surface area contributed by atoms with Crippen LogP contribution in [0.2, 0.25) is 0 Å². The van der Waals surface area contributed by atoms with Gasteiger partial charge in [-0.25, -0.2) is 4.79 Å². The predicted octanol–water partition coefficient (Wildman–Crippen LogP) is 2.14. The first-order chi connectivity index (χ1) is 11.6. The van der Waals surface area contributed by atoms with Crippen molar-refractivity contribution in [1.29, 1.82) is 0 Å². The Labute approximate surface area is 142 Å². The Hall–Kier alpha value is -2.08. The number of amides is 3. The van der Waals surface area contributed by atoms with Crippen molar-refractivity contribution < 1.29 is 14.3 Å². The molecule has 2 saturated heterocycles. The molecule has 2 aliphatic heterocycles. The fraction of sp³-hybridized carbons (Fsp3) is 0.556. The average Bonchev–Trinajstić information content (AvgIpc) is 3.11. The third-order valence-corrected chi connectivity index (χ3v) is 4.73. The molecule has 1 aromatic carbocycles. The Bertz CT molecular complexity index is 574. The maximum Gasteiger partial charge on any atom is 0.319 e. The lowest BCUT2D eigenvalue weighted by Gasteiger charge is -2.33. The van der Waals surface area contributed by atoms with Gasteiger partial charge in [-0.2, -0.15) is 0 Å². The van der Waals surface area contributed by atoms with Gasteiger partial charge in [0.2, 0.25) is 5.91 Å². The molecule has 1 atom stereocenters. The van der Waals surface area contributed by atoms with Crippen LogP contribution in [0.15, 0.2) is 24.3 Å². The number of carbonyl (C=O) groups is 2. The van der Waals surface area contributed by atoms with Crippen LogP contribution < -0.4 is 10.6 Å². The maximum absolute atomic E-state index is 12.3. The van der Waals surface area contributed by atoms with Crippen molar-refractivity contribution in [3.8, 4) is 0 Å². The first-order valence-corrected chi connectivity index (χ1v) is 8.62. The number of nitrogens with zero attached hydrogens (tertiary/aromatic N) is 1. The summed E-state index contributed by atoms with van der Waals surface area (Å²) < 4.78 is 5.29. The van der Waals surface area contributed by atoms with Crippen LogP contribution in [0.4, 0.5) is 10.5 Å². The lowest BCUT2D eigenvalue weighted by molar-refractivity contribution is -0.136. The van der Waals surface area contributed by atoms with Gasteiger partial charge in [-0.15, -0.1) is 0 Å². The van der Waals surface area contributed by atoms with Gasteiger partial charge in [0.05, 0.1) is 12.5 Å². The number of aryl methyl sites for hydroxylation is 1. The van der Waals surface area contributed by atoms with Gasteiger partial charge >= 0.3 is 6.03 Å². The van der Waals surface area contributed by atoms with Crippen LogP contribution in [0.5, 0.6) is 0 Å². The molecule has 2 heterocycles. The van der Waals surface area contributed by atoms with E-state index >= 15 is 0 Å². The van der Waals surface area contributed by atoms with Crippen LogP contribution in [0.1, 0.15) is 24.8 Å². The number of hydrogen-bond donors (Lipinski definition) is 2. The smallest absolute Gasteiger partial charge is 0.319 e. The van der Waals surface area contributed by atoms with Gasteiger partial charge in [0, 0.05) is 31.4 Å². The van der Waals surface area contributed by atoms with Crippen molar-refractivity contribution in [3.05, 3.63) is 29.8 Å². The first-order valence-electron chi connectivity index (χ1n) is 8.62. The summed E-state index contributed by atoms with van der Waals surface area (Å²) in [5.74, 6) is 0.231. The molecule has 1 aromatic rings. The van der Waals surface area contributed by atoms with Gasteiger partial charge < -0.3 is 20.3 Å². The lowest BCUT2D eigenvalue weighted by Crippen LogP contribution is -2.49. The van der Waals surface area contributed by atoms with Crippen molar-refractivity contribution in [2.24, 2.45) is 5.92 Å². The number of anilines is 1. The third-order valence-electron chi connectivity index (χ3n) is 4.73. The van der Waals surface area contributed by atoms with E-state index in [0.717, 1.165) is 30.5 Å². The van der Waals surface area contributed by atoms with Crippen molar-refractivity contribution in [2.75, 3.05) is 31.6 Å². The average molecular weight is 331 g/mol. The van der Waals surface area contributed by atoms with Crippen molar-refractivity contribution in [2.45, 2.75) is 32.2 Å². The molecule has 3 rings (SSSR count). The van der Waals surface area contributed by atoms with E-state index in [9.17, 15) is 9.59 Å². The summed E-state index contributed by atoms with van der Waals surface area (Å²) in [6.07, 6.45) is 2.41. The Balaban J connectivity index is 1.42. The minimum Gasteiger partial charge on any atom is -0.381 e. The molecule has 6 heteroatoms. The molecular weight excluding hydrogens is 306 g/mol. The molecule has 0 spiro atoms. The monoisotopic (exact) mass is 331 g/mol. The number of hydrogen-bond acceptors (Lipinski definition) is 3. The summed E-state index contributed by atoms with van der Waals surface area (Å²) in [5.41, 5.74) is 1.94. The van der Waals surface area contributed by atoms with E-state index in [2.05, 4.69) is 10.6 Å². The van der Waals surface area contributed by atoms with Gasteiger partial charge in [-0.1, -0.05) is 17.7 Å².